The van der Waals surface area contributed by atoms with E-state index in [0.29, 0.717) is 44.0 Å². The molecule has 1 aliphatic rings. The number of nitrogens with zero attached hydrogens (tertiary/aromatic N) is 4. The Kier molecular flexibility index (Phi) is 7.53. The van der Waals surface area contributed by atoms with Crippen LogP contribution in [-0.4, -0.2) is 34.0 Å². The number of hydrogen-bond donors (Lipinski definition) is 1. The van der Waals surface area contributed by atoms with Crippen molar-refractivity contribution in [1.82, 2.24) is 20.0 Å². The van der Waals surface area contributed by atoms with Crippen molar-refractivity contribution in [2.45, 2.75) is 75.3 Å². The van der Waals surface area contributed by atoms with E-state index < -0.39 is 14.9 Å². The number of hydrogen-bond acceptors (Lipinski definition) is 8. The highest BCUT2D eigenvalue weighted by Crippen LogP contribution is 2.36. The molecule has 1 aromatic heterocycles. The molecule has 1 N–H and O–H groups in total. The van der Waals surface area contributed by atoms with Gasteiger partial charge in [-0.2, -0.15) is 0 Å². The quantitative estimate of drug-likeness (QED) is 0.339. The van der Waals surface area contributed by atoms with Crippen LogP contribution >= 0.6 is 0 Å². The molecular formula is C25H31N5O5S. The molecule has 10 nitrogen and oxygen atoms in total. The Hall–Kier alpha value is -3.15. The first kappa shape index (κ1) is 25.9. The van der Waals surface area contributed by atoms with Crippen molar-refractivity contribution in [2.75, 3.05) is 0 Å². The van der Waals surface area contributed by atoms with Gasteiger partial charge in [0.15, 0.2) is 0 Å². The molecule has 1 aliphatic carbocycles. The third-order valence-electron chi connectivity index (χ3n) is 6.33. The van der Waals surface area contributed by atoms with Crippen LogP contribution in [0.2, 0.25) is 0 Å². The fourth-order valence-electron chi connectivity index (χ4n) is 4.31. The molecule has 192 valence electrons. The Labute approximate surface area is 210 Å². The van der Waals surface area contributed by atoms with E-state index in [1.807, 2.05) is 51.1 Å². The molecule has 1 saturated carbocycles. The molecule has 0 spiro atoms. The van der Waals surface area contributed by atoms with Gasteiger partial charge in [0.05, 0.1) is 9.82 Å². The number of non-ortho nitro benzene ring substituents is 1. The van der Waals surface area contributed by atoms with E-state index in [2.05, 4.69) is 15.6 Å². The smallest absolute Gasteiger partial charge is 0.270 e. The maximum absolute atomic E-state index is 13.7. The van der Waals surface area contributed by atoms with Crippen molar-refractivity contribution in [3.63, 3.8) is 0 Å². The lowest BCUT2D eigenvalue weighted by atomic mass is 9.86. The van der Waals surface area contributed by atoms with E-state index in [1.54, 1.807) is 0 Å². The Balaban J connectivity index is 1.56. The average Bonchev–Trinajstić information content (AvgIpc) is 3.36. The van der Waals surface area contributed by atoms with Crippen molar-refractivity contribution in [3.05, 3.63) is 82.1 Å². The predicted molar refractivity (Wildman–Crippen MR) is 133 cm³/mol. The number of hydrazine groups is 1. The third kappa shape index (κ3) is 5.80. The third-order valence-corrected chi connectivity index (χ3v) is 8.12. The van der Waals surface area contributed by atoms with Crippen LogP contribution in [0.15, 0.2) is 63.9 Å². The van der Waals surface area contributed by atoms with Gasteiger partial charge in [0, 0.05) is 36.1 Å². The molecule has 0 bridgehead atoms. The maximum Gasteiger partial charge on any atom is 0.270 e. The molecule has 0 aliphatic heterocycles. The molecule has 2 aromatic carbocycles. The standard InChI is InChI=1S/C25H31N5O5S/c1-25(2,3)24-28-27-23(35-24)19-12-14-20(15-13-19)29(26-17-18-8-5-4-6-9-18)36(33,34)22-11-7-10-21(16-22)30(31)32/h4-11,16,19-20,26H,12-15,17H2,1-3H3. The van der Waals surface area contributed by atoms with Gasteiger partial charge < -0.3 is 4.42 Å². The van der Waals surface area contributed by atoms with Gasteiger partial charge in [0.1, 0.15) is 0 Å². The summed E-state index contributed by atoms with van der Waals surface area (Å²) < 4.78 is 34.6. The minimum absolute atomic E-state index is 0.0568. The zero-order valence-corrected chi connectivity index (χ0v) is 21.4. The summed E-state index contributed by atoms with van der Waals surface area (Å²) >= 11 is 0. The highest BCUT2D eigenvalue weighted by atomic mass is 32.2. The molecule has 1 fully saturated rings. The second kappa shape index (κ2) is 10.5. The first-order chi connectivity index (χ1) is 17.1. The van der Waals surface area contributed by atoms with Gasteiger partial charge in [-0.3, -0.25) is 10.1 Å². The summed E-state index contributed by atoms with van der Waals surface area (Å²) in [6, 6.07) is 14.3. The molecule has 36 heavy (non-hydrogen) atoms. The van der Waals surface area contributed by atoms with Gasteiger partial charge in [-0.1, -0.05) is 57.2 Å². The Morgan fingerprint density at radius 2 is 1.75 bits per heavy atom. The van der Waals surface area contributed by atoms with Crippen LogP contribution in [0.5, 0.6) is 0 Å². The average molecular weight is 514 g/mol. The number of nitro benzene ring substituents is 1. The first-order valence-corrected chi connectivity index (χ1v) is 13.4. The zero-order chi connectivity index (χ0) is 25.9. The van der Waals surface area contributed by atoms with E-state index in [9.17, 15) is 18.5 Å². The fourth-order valence-corrected chi connectivity index (χ4v) is 5.89. The summed E-state index contributed by atoms with van der Waals surface area (Å²) in [6.45, 7) is 6.33. The van der Waals surface area contributed by atoms with Crippen molar-refractivity contribution in [1.29, 1.82) is 0 Å². The maximum atomic E-state index is 13.7. The highest BCUT2D eigenvalue weighted by molar-refractivity contribution is 7.89. The number of nitrogens with one attached hydrogen (secondary N) is 1. The summed E-state index contributed by atoms with van der Waals surface area (Å²) in [6.07, 6.45) is 2.52. The summed E-state index contributed by atoms with van der Waals surface area (Å²) in [4.78, 5) is 10.5. The monoisotopic (exact) mass is 513 g/mol. The lowest BCUT2D eigenvalue weighted by Gasteiger charge is -2.35. The number of benzene rings is 2. The molecule has 0 amide bonds. The molecule has 0 radical (unpaired) electrons. The summed E-state index contributed by atoms with van der Waals surface area (Å²) in [5, 5.41) is 19.7. The van der Waals surface area contributed by atoms with Gasteiger partial charge in [-0.05, 0) is 37.3 Å². The molecule has 11 heteroatoms. The number of nitro groups is 1. The van der Waals surface area contributed by atoms with E-state index in [4.69, 9.17) is 4.42 Å². The van der Waals surface area contributed by atoms with Crippen LogP contribution in [0.4, 0.5) is 5.69 Å². The van der Waals surface area contributed by atoms with E-state index in [1.165, 1.54) is 22.6 Å². The zero-order valence-electron chi connectivity index (χ0n) is 20.6. The minimum Gasteiger partial charge on any atom is -0.424 e. The fraction of sp³-hybridized carbons (Fsp3) is 0.440. The molecule has 4 rings (SSSR count). The van der Waals surface area contributed by atoms with Gasteiger partial charge in [-0.25, -0.2) is 13.8 Å². The van der Waals surface area contributed by atoms with Crippen LogP contribution in [0, 0.1) is 10.1 Å². The van der Waals surface area contributed by atoms with Gasteiger partial charge in [-0.15, -0.1) is 14.6 Å². The van der Waals surface area contributed by atoms with Gasteiger partial charge in [0.25, 0.3) is 15.7 Å². The topological polar surface area (TPSA) is 131 Å². The Bertz CT molecular complexity index is 1300. The van der Waals surface area contributed by atoms with E-state index in [0.717, 1.165) is 11.6 Å². The predicted octanol–water partition coefficient (Wildman–Crippen LogP) is 4.70. The molecule has 3 aromatic rings. The van der Waals surface area contributed by atoms with Crippen molar-refractivity contribution in [2.24, 2.45) is 0 Å². The first-order valence-electron chi connectivity index (χ1n) is 12.0. The molecule has 0 unspecified atom stereocenters. The molecular weight excluding hydrogens is 482 g/mol. The second-order valence-electron chi connectivity index (χ2n) is 10.1. The Morgan fingerprint density at radius 1 is 1.06 bits per heavy atom. The van der Waals surface area contributed by atoms with Gasteiger partial charge in [0.2, 0.25) is 11.8 Å². The Morgan fingerprint density at radius 3 is 2.36 bits per heavy atom. The van der Waals surface area contributed by atoms with Crippen molar-refractivity contribution in [3.8, 4) is 0 Å². The number of rotatable bonds is 8. The van der Waals surface area contributed by atoms with E-state index >= 15 is 0 Å². The number of aromatic nitrogens is 2. The SMILES string of the molecule is CC(C)(C)c1nnc(C2CCC(N(NCc3ccccc3)S(=O)(=O)c3cccc([N+](=O)[O-])c3)CC2)o1. The normalized spacial score (nSPS) is 18.9. The van der Waals surface area contributed by atoms with Crippen molar-refractivity contribution < 1.29 is 17.8 Å². The second-order valence-corrected chi connectivity index (χ2v) is 11.9. The minimum atomic E-state index is -4.06. The lowest BCUT2D eigenvalue weighted by molar-refractivity contribution is -0.385. The largest absolute Gasteiger partial charge is 0.424 e. The van der Waals surface area contributed by atoms with Gasteiger partial charge >= 0.3 is 0 Å². The molecule has 1 heterocycles. The van der Waals surface area contributed by atoms with Crippen LogP contribution < -0.4 is 5.43 Å². The number of sulfonamides is 1. The lowest BCUT2D eigenvalue weighted by Crippen LogP contribution is -2.50. The van der Waals surface area contributed by atoms with Crippen LogP contribution in [0.1, 0.15) is 69.7 Å². The van der Waals surface area contributed by atoms with Crippen LogP contribution in [0.25, 0.3) is 0 Å². The molecule has 0 saturated heterocycles. The summed E-state index contributed by atoms with van der Waals surface area (Å²) in [5.41, 5.74) is 3.51. The highest BCUT2D eigenvalue weighted by Gasteiger charge is 2.37. The summed E-state index contributed by atoms with van der Waals surface area (Å²) in [5.74, 6) is 1.23. The van der Waals surface area contributed by atoms with Crippen molar-refractivity contribution >= 4 is 15.7 Å². The molecule has 0 atom stereocenters. The van der Waals surface area contributed by atoms with Crippen LogP contribution in [-0.2, 0) is 22.0 Å². The summed E-state index contributed by atoms with van der Waals surface area (Å²) in [7, 11) is -4.06. The van der Waals surface area contributed by atoms with E-state index in [-0.39, 0.29) is 28.0 Å². The van der Waals surface area contributed by atoms with Crippen LogP contribution in [0.3, 0.4) is 0 Å².